The van der Waals surface area contributed by atoms with Crippen molar-refractivity contribution >= 4 is 5.91 Å². The summed E-state index contributed by atoms with van der Waals surface area (Å²) in [6, 6.07) is 6.34. The first-order valence-electron chi connectivity index (χ1n) is 7.31. The van der Waals surface area contributed by atoms with Crippen molar-refractivity contribution in [1.29, 1.82) is 0 Å². The van der Waals surface area contributed by atoms with Crippen LogP contribution < -0.4 is 10.1 Å². The number of hydrogen-bond donors (Lipinski definition) is 1. The summed E-state index contributed by atoms with van der Waals surface area (Å²) < 4.78 is 5.24. The van der Waals surface area contributed by atoms with Crippen molar-refractivity contribution in [2.45, 2.75) is 32.7 Å². The number of hydrogen-bond acceptors (Lipinski definition) is 3. The van der Waals surface area contributed by atoms with E-state index >= 15 is 0 Å². The fourth-order valence-electron chi connectivity index (χ4n) is 2.72. The van der Waals surface area contributed by atoms with Gasteiger partial charge in [0.25, 0.3) is 0 Å². The lowest BCUT2D eigenvalue weighted by Gasteiger charge is -2.34. The van der Waals surface area contributed by atoms with E-state index in [4.69, 9.17) is 4.74 Å². The molecule has 1 unspecified atom stereocenters. The van der Waals surface area contributed by atoms with Crippen LogP contribution in [0.2, 0.25) is 0 Å². The molecule has 1 aromatic rings. The van der Waals surface area contributed by atoms with Gasteiger partial charge in [0, 0.05) is 26.1 Å². The predicted molar refractivity (Wildman–Crippen MR) is 80.0 cm³/mol. The van der Waals surface area contributed by atoms with E-state index in [-0.39, 0.29) is 11.9 Å². The number of benzene rings is 1. The highest BCUT2D eigenvalue weighted by Gasteiger charge is 2.24. The molecule has 1 fully saturated rings. The van der Waals surface area contributed by atoms with Gasteiger partial charge in [-0.3, -0.25) is 4.79 Å². The zero-order valence-electron chi connectivity index (χ0n) is 12.6. The second-order valence-corrected chi connectivity index (χ2v) is 5.32. The average Bonchev–Trinajstić information content (AvgIpc) is 2.47. The highest BCUT2D eigenvalue weighted by molar-refractivity contribution is 5.76. The van der Waals surface area contributed by atoms with Gasteiger partial charge in [0.15, 0.2) is 0 Å². The second-order valence-electron chi connectivity index (χ2n) is 5.32. The van der Waals surface area contributed by atoms with Gasteiger partial charge < -0.3 is 15.0 Å². The molecule has 110 valence electrons. The Morgan fingerprint density at radius 3 is 2.95 bits per heavy atom. The number of nitrogens with zero attached hydrogens (tertiary/aromatic N) is 1. The topological polar surface area (TPSA) is 41.6 Å². The molecule has 1 aliphatic heterocycles. The Labute approximate surface area is 121 Å². The van der Waals surface area contributed by atoms with Gasteiger partial charge in [-0.05, 0) is 36.6 Å². The first kappa shape index (κ1) is 14.9. The normalized spacial score (nSPS) is 18.9. The molecule has 0 bridgehead atoms. The molecule has 0 aromatic heterocycles. The monoisotopic (exact) mass is 276 g/mol. The van der Waals surface area contributed by atoms with Crippen LogP contribution >= 0.6 is 0 Å². The number of ether oxygens (including phenoxy) is 1. The van der Waals surface area contributed by atoms with E-state index in [1.54, 1.807) is 7.11 Å². The molecule has 1 aliphatic rings. The van der Waals surface area contributed by atoms with Gasteiger partial charge >= 0.3 is 0 Å². The number of rotatable bonds is 4. The van der Waals surface area contributed by atoms with Gasteiger partial charge in [-0.2, -0.15) is 0 Å². The fraction of sp³-hybridized carbons (Fsp3) is 0.562. The van der Waals surface area contributed by atoms with E-state index in [2.05, 4.69) is 18.3 Å². The smallest absolute Gasteiger partial charge is 0.222 e. The first-order chi connectivity index (χ1) is 9.65. The van der Waals surface area contributed by atoms with Gasteiger partial charge in [0.05, 0.1) is 13.2 Å². The Kier molecular flexibility index (Phi) is 5.01. The van der Waals surface area contributed by atoms with E-state index in [0.717, 1.165) is 31.8 Å². The highest BCUT2D eigenvalue weighted by atomic mass is 16.5. The molecule has 0 radical (unpaired) electrons. The summed E-state index contributed by atoms with van der Waals surface area (Å²) in [5.41, 5.74) is 2.45. The van der Waals surface area contributed by atoms with Gasteiger partial charge in [-0.1, -0.05) is 13.0 Å². The molecule has 1 N–H and O–H groups in total. The molecule has 1 heterocycles. The Hall–Kier alpha value is -1.55. The van der Waals surface area contributed by atoms with Crippen LogP contribution in [0.15, 0.2) is 18.2 Å². The number of methoxy groups -OCH3 is 1. The minimum Gasteiger partial charge on any atom is -0.497 e. The largest absolute Gasteiger partial charge is 0.497 e. The minimum absolute atomic E-state index is 0.218. The maximum Gasteiger partial charge on any atom is 0.222 e. The summed E-state index contributed by atoms with van der Waals surface area (Å²) in [6.07, 6.45) is 1.56. The molecule has 2 rings (SSSR count). The van der Waals surface area contributed by atoms with E-state index in [1.165, 1.54) is 11.1 Å². The maximum atomic E-state index is 12.0. The summed E-state index contributed by atoms with van der Waals surface area (Å²) >= 11 is 0. The van der Waals surface area contributed by atoms with Crippen molar-refractivity contribution in [1.82, 2.24) is 10.2 Å². The highest BCUT2D eigenvalue weighted by Crippen LogP contribution is 2.25. The average molecular weight is 276 g/mol. The second kappa shape index (κ2) is 6.75. The maximum absolute atomic E-state index is 12.0. The summed E-state index contributed by atoms with van der Waals surface area (Å²) in [7, 11) is 1.68. The molecule has 0 saturated carbocycles. The molecule has 1 amide bonds. The van der Waals surface area contributed by atoms with E-state index in [1.807, 2.05) is 24.0 Å². The predicted octanol–water partition coefficient (Wildman–Crippen LogP) is 2.28. The lowest BCUT2D eigenvalue weighted by molar-refractivity contribution is -0.132. The Morgan fingerprint density at radius 2 is 2.30 bits per heavy atom. The lowest BCUT2D eigenvalue weighted by atomic mass is 9.99. The van der Waals surface area contributed by atoms with E-state index < -0.39 is 0 Å². The van der Waals surface area contributed by atoms with Gasteiger partial charge in [0.1, 0.15) is 5.75 Å². The molecule has 4 nitrogen and oxygen atoms in total. The molecule has 1 aromatic carbocycles. The quantitative estimate of drug-likeness (QED) is 0.917. The number of amides is 1. The molecule has 0 aliphatic carbocycles. The Balaban J connectivity index is 2.10. The Bertz CT molecular complexity index is 474. The molecule has 4 heteroatoms. The van der Waals surface area contributed by atoms with Crippen molar-refractivity contribution in [3.05, 3.63) is 29.3 Å². The number of carbonyl (C=O) groups excluding carboxylic acids is 1. The van der Waals surface area contributed by atoms with Crippen LogP contribution in [0.1, 0.15) is 36.9 Å². The van der Waals surface area contributed by atoms with Crippen LogP contribution in [-0.4, -0.2) is 37.6 Å². The zero-order chi connectivity index (χ0) is 14.5. The van der Waals surface area contributed by atoms with Crippen molar-refractivity contribution in [2.75, 3.05) is 26.7 Å². The van der Waals surface area contributed by atoms with Crippen LogP contribution in [0.3, 0.4) is 0 Å². The molecular weight excluding hydrogens is 252 g/mol. The van der Waals surface area contributed by atoms with Crippen molar-refractivity contribution < 1.29 is 9.53 Å². The standard InChI is InChI=1S/C16H24N2O2/c1-4-5-16(19)18-9-8-17-15(11-18)14-7-6-13(20-3)10-12(14)2/h6-7,10,15,17H,4-5,8-9,11H2,1-3H3. The van der Waals surface area contributed by atoms with Gasteiger partial charge in [-0.25, -0.2) is 0 Å². The summed E-state index contributed by atoms with van der Waals surface area (Å²) in [5.74, 6) is 1.14. The number of piperazine rings is 1. The molecule has 20 heavy (non-hydrogen) atoms. The van der Waals surface area contributed by atoms with Crippen molar-refractivity contribution in [3.63, 3.8) is 0 Å². The summed E-state index contributed by atoms with van der Waals surface area (Å²) in [5, 5.41) is 3.51. The van der Waals surface area contributed by atoms with E-state index in [9.17, 15) is 4.79 Å². The van der Waals surface area contributed by atoms with Crippen LogP contribution in [0.25, 0.3) is 0 Å². The fourth-order valence-corrected chi connectivity index (χ4v) is 2.72. The van der Waals surface area contributed by atoms with Crippen LogP contribution in [0, 0.1) is 6.92 Å². The Morgan fingerprint density at radius 1 is 1.50 bits per heavy atom. The van der Waals surface area contributed by atoms with Crippen LogP contribution in [0.5, 0.6) is 5.75 Å². The first-order valence-corrected chi connectivity index (χ1v) is 7.31. The molecule has 1 saturated heterocycles. The number of carbonyl (C=O) groups is 1. The third kappa shape index (κ3) is 3.31. The molecule has 1 atom stereocenters. The number of aryl methyl sites for hydroxylation is 1. The van der Waals surface area contributed by atoms with Gasteiger partial charge in [-0.15, -0.1) is 0 Å². The lowest BCUT2D eigenvalue weighted by Crippen LogP contribution is -2.48. The van der Waals surface area contributed by atoms with E-state index in [0.29, 0.717) is 6.42 Å². The molecule has 0 spiro atoms. The SMILES string of the molecule is CCCC(=O)N1CCNC(c2ccc(OC)cc2C)C1. The summed E-state index contributed by atoms with van der Waals surface area (Å²) in [6.45, 7) is 6.56. The van der Waals surface area contributed by atoms with Gasteiger partial charge in [0.2, 0.25) is 5.91 Å². The van der Waals surface area contributed by atoms with Crippen molar-refractivity contribution in [3.8, 4) is 5.75 Å². The summed E-state index contributed by atoms with van der Waals surface area (Å²) in [4.78, 5) is 14.0. The third-order valence-corrected chi connectivity index (χ3v) is 3.84. The minimum atomic E-state index is 0.218. The molecular formula is C16H24N2O2. The van der Waals surface area contributed by atoms with Crippen LogP contribution in [0.4, 0.5) is 0 Å². The van der Waals surface area contributed by atoms with Crippen molar-refractivity contribution in [2.24, 2.45) is 0 Å². The third-order valence-electron chi connectivity index (χ3n) is 3.84. The number of nitrogens with one attached hydrogen (secondary N) is 1. The zero-order valence-corrected chi connectivity index (χ0v) is 12.6. The van der Waals surface area contributed by atoms with Crippen LogP contribution in [-0.2, 0) is 4.79 Å².